The zero-order chi connectivity index (χ0) is 19.6. The lowest BCUT2D eigenvalue weighted by Gasteiger charge is -2.35. The smallest absolute Gasteiger partial charge is 0.316 e. The van der Waals surface area contributed by atoms with Crippen molar-refractivity contribution in [2.24, 2.45) is 5.73 Å². The Kier molecular flexibility index (Phi) is 4.90. The third kappa shape index (κ3) is 4.28. The van der Waals surface area contributed by atoms with Gasteiger partial charge in [0.15, 0.2) is 5.78 Å². The Labute approximate surface area is 158 Å². The number of amides is 2. The SMILES string of the molecule is COc1ccc2c(c1)C(=CC(=O)c1ccc(NC(N)=O)cc1)NC(C)(C)C2. The van der Waals surface area contributed by atoms with Gasteiger partial charge in [0.2, 0.25) is 0 Å². The summed E-state index contributed by atoms with van der Waals surface area (Å²) in [5.74, 6) is 0.616. The zero-order valence-corrected chi connectivity index (χ0v) is 15.6. The average Bonchev–Trinajstić information content (AvgIpc) is 2.60. The van der Waals surface area contributed by atoms with Gasteiger partial charge in [0.1, 0.15) is 5.75 Å². The van der Waals surface area contributed by atoms with Crippen LogP contribution in [0.2, 0.25) is 0 Å². The summed E-state index contributed by atoms with van der Waals surface area (Å²) in [7, 11) is 1.62. The summed E-state index contributed by atoms with van der Waals surface area (Å²) >= 11 is 0. The molecule has 6 heteroatoms. The van der Waals surface area contributed by atoms with Crippen LogP contribution in [0.15, 0.2) is 48.5 Å². The molecule has 27 heavy (non-hydrogen) atoms. The van der Waals surface area contributed by atoms with Gasteiger partial charge in [-0.15, -0.1) is 0 Å². The summed E-state index contributed by atoms with van der Waals surface area (Å²) in [6.45, 7) is 4.20. The molecule has 2 amide bonds. The van der Waals surface area contributed by atoms with Gasteiger partial charge in [0.25, 0.3) is 0 Å². The van der Waals surface area contributed by atoms with E-state index in [1.807, 2.05) is 18.2 Å². The second-order valence-electron chi connectivity index (χ2n) is 7.20. The number of nitrogens with one attached hydrogen (secondary N) is 2. The molecule has 0 fully saturated rings. The van der Waals surface area contributed by atoms with Crippen molar-refractivity contribution in [3.05, 3.63) is 65.2 Å². The van der Waals surface area contributed by atoms with Crippen molar-refractivity contribution in [1.82, 2.24) is 5.32 Å². The number of fused-ring (bicyclic) bond motifs is 1. The van der Waals surface area contributed by atoms with Gasteiger partial charge in [-0.2, -0.15) is 0 Å². The van der Waals surface area contributed by atoms with E-state index in [0.29, 0.717) is 11.3 Å². The Morgan fingerprint density at radius 1 is 1.19 bits per heavy atom. The summed E-state index contributed by atoms with van der Waals surface area (Å²) in [6.07, 6.45) is 2.46. The number of anilines is 1. The zero-order valence-electron chi connectivity index (χ0n) is 15.6. The van der Waals surface area contributed by atoms with Crippen molar-refractivity contribution in [3.63, 3.8) is 0 Å². The normalized spacial score (nSPS) is 16.2. The van der Waals surface area contributed by atoms with E-state index in [0.717, 1.165) is 23.4 Å². The Morgan fingerprint density at radius 2 is 1.89 bits per heavy atom. The minimum Gasteiger partial charge on any atom is -0.497 e. The number of carbonyl (C=O) groups is 2. The van der Waals surface area contributed by atoms with Gasteiger partial charge in [-0.1, -0.05) is 6.07 Å². The van der Waals surface area contributed by atoms with Gasteiger partial charge in [-0.25, -0.2) is 4.79 Å². The second kappa shape index (κ2) is 7.15. The molecular weight excluding hydrogens is 342 g/mol. The molecule has 0 saturated heterocycles. The summed E-state index contributed by atoms with van der Waals surface area (Å²) in [4.78, 5) is 23.7. The second-order valence-corrected chi connectivity index (χ2v) is 7.20. The van der Waals surface area contributed by atoms with E-state index in [9.17, 15) is 9.59 Å². The first-order valence-electron chi connectivity index (χ1n) is 8.65. The maximum absolute atomic E-state index is 12.8. The number of rotatable bonds is 4. The standard InChI is InChI=1S/C21H23N3O3/c1-21(2)12-14-6-9-16(27-3)10-17(14)18(24-21)11-19(25)13-4-7-15(8-5-13)23-20(22)26/h4-11,24H,12H2,1-3H3,(H3,22,23,26). The van der Waals surface area contributed by atoms with Crippen LogP contribution in [0, 0.1) is 0 Å². The van der Waals surface area contributed by atoms with Crippen LogP contribution in [0.1, 0.15) is 35.3 Å². The first-order chi connectivity index (χ1) is 12.8. The van der Waals surface area contributed by atoms with E-state index >= 15 is 0 Å². The molecule has 0 bridgehead atoms. The lowest BCUT2D eigenvalue weighted by atomic mass is 9.85. The van der Waals surface area contributed by atoms with Crippen molar-refractivity contribution in [1.29, 1.82) is 0 Å². The molecule has 2 aromatic carbocycles. The van der Waals surface area contributed by atoms with Crippen LogP contribution in [-0.2, 0) is 6.42 Å². The lowest BCUT2D eigenvalue weighted by molar-refractivity contribution is 0.104. The largest absolute Gasteiger partial charge is 0.497 e. The first kappa shape index (κ1) is 18.5. The van der Waals surface area contributed by atoms with E-state index < -0.39 is 6.03 Å². The van der Waals surface area contributed by atoms with Gasteiger partial charge in [-0.05, 0) is 62.2 Å². The lowest BCUT2D eigenvalue weighted by Crippen LogP contribution is -2.43. The van der Waals surface area contributed by atoms with Crippen molar-refractivity contribution in [3.8, 4) is 5.75 Å². The monoisotopic (exact) mass is 365 g/mol. The van der Waals surface area contributed by atoms with Crippen LogP contribution in [0.4, 0.5) is 10.5 Å². The molecule has 2 aromatic rings. The number of methoxy groups -OCH3 is 1. The van der Waals surface area contributed by atoms with Crippen molar-refractivity contribution < 1.29 is 14.3 Å². The number of carbonyl (C=O) groups excluding carboxylic acids is 2. The van der Waals surface area contributed by atoms with Crippen LogP contribution < -0.4 is 21.1 Å². The summed E-state index contributed by atoms with van der Waals surface area (Å²) < 4.78 is 5.33. The van der Waals surface area contributed by atoms with Gasteiger partial charge >= 0.3 is 6.03 Å². The average molecular weight is 365 g/mol. The Hall–Kier alpha value is -3.28. The maximum atomic E-state index is 12.8. The molecule has 0 saturated carbocycles. The maximum Gasteiger partial charge on any atom is 0.316 e. The van der Waals surface area contributed by atoms with Crippen LogP contribution >= 0.6 is 0 Å². The van der Waals surface area contributed by atoms with Gasteiger partial charge in [0.05, 0.1) is 7.11 Å². The molecule has 1 heterocycles. The molecule has 3 rings (SSSR count). The van der Waals surface area contributed by atoms with E-state index in [1.165, 1.54) is 5.56 Å². The Balaban J connectivity index is 1.93. The third-order valence-electron chi connectivity index (χ3n) is 4.43. The van der Waals surface area contributed by atoms with Crippen LogP contribution in [0.25, 0.3) is 5.70 Å². The van der Waals surface area contributed by atoms with Gasteiger partial charge in [-0.3, -0.25) is 4.79 Å². The number of urea groups is 1. The highest BCUT2D eigenvalue weighted by Gasteiger charge is 2.28. The Bertz CT molecular complexity index is 915. The molecule has 140 valence electrons. The summed E-state index contributed by atoms with van der Waals surface area (Å²) in [6, 6.07) is 11.9. The fourth-order valence-corrected chi connectivity index (χ4v) is 3.23. The molecule has 0 aromatic heterocycles. The predicted octanol–water partition coefficient (Wildman–Crippen LogP) is 3.33. The Morgan fingerprint density at radius 3 is 2.52 bits per heavy atom. The fourth-order valence-electron chi connectivity index (χ4n) is 3.23. The minimum atomic E-state index is -0.643. The molecule has 0 spiro atoms. The molecule has 1 aliphatic heterocycles. The van der Waals surface area contributed by atoms with Crippen molar-refractivity contribution in [2.75, 3.05) is 12.4 Å². The molecule has 0 radical (unpaired) electrons. The molecule has 0 aliphatic carbocycles. The van der Waals surface area contributed by atoms with Crippen LogP contribution in [-0.4, -0.2) is 24.5 Å². The van der Waals surface area contributed by atoms with E-state index in [1.54, 1.807) is 37.5 Å². The predicted molar refractivity (Wildman–Crippen MR) is 106 cm³/mol. The van der Waals surface area contributed by atoms with Crippen molar-refractivity contribution in [2.45, 2.75) is 25.8 Å². The molecule has 0 unspecified atom stereocenters. The van der Waals surface area contributed by atoms with E-state index in [2.05, 4.69) is 24.5 Å². The molecule has 0 atom stereocenters. The molecule has 4 N–H and O–H groups in total. The highest BCUT2D eigenvalue weighted by atomic mass is 16.5. The highest BCUT2D eigenvalue weighted by molar-refractivity contribution is 6.09. The molecule has 1 aliphatic rings. The number of primary amides is 1. The van der Waals surface area contributed by atoms with Crippen molar-refractivity contribution >= 4 is 23.2 Å². The van der Waals surface area contributed by atoms with Gasteiger partial charge < -0.3 is 21.1 Å². The van der Waals surface area contributed by atoms with E-state index in [4.69, 9.17) is 10.5 Å². The first-order valence-corrected chi connectivity index (χ1v) is 8.65. The molecule has 6 nitrogen and oxygen atoms in total. The number of ether oxygens (including phenoxy) is 1. The fraction of sp³-hybridized carbons (Fsp3) is 0.238. The number of benzene rings is 2. The number of hydrogen-bond acceptors (Lipinski definition) is 4. The summed E-state index contributed by atoms with van der Waals surface area (Å²) in [5, 5.41) is 5.92. The number of hydrogen-bond donors (Lipinski definition) is 3. The number of ketones is 1. The summed E-state index contributed by atoms with van der Waals surface area (Å²) in [5.41, 5.74) is 8.89. The van der Waals surface area contributed by atoms with E-state index in [-0.39, 0.29) is 11.3 Å². The number of allylic oxidation sites excluding steroid dienone is 1. The van der Waals surface area contributed by atoms with Gasteiger partial charge in [0, 0.05) is 34.1 Å². The highest BCUT2D eigenvalue weighted by Crippen LogP contribution is 2.32. The van der Waals surface area contributed by atoms with Crippen LogP contribution in [0.5, 0.6) is 5.75 Å². The minimum absolute atomic E-state index is 0.130. The topological polar surface area (TPSA) is 93.4 Å². The third-order valence-corrected chi connectivity index (χ3v) is 4.43. The molecular formula is C21H23N3O3. The van der Waals surface area contributed by atoms with Crippen LogP contribution in [0.3, 0.4) is 0 Å². The quantitative estimate of drug-likeness (QED) is 0.572. The number of nitrogens with two attached hydrogens (primary N) is 1.